The fourth-order valence-electron chi connectivity index (χ4n) is 4.02. The lowest BCUT2D eigenvalue weighted by molar-refractivity contribution is -0.139. The van der Waals surface area contributed by atoms with Crippen molar-refractivity contribution in [1.82, 2.24) is 4.90 Å². The van der Waals surface area contributed by atoms with E-state index in [-0.39, 0.29) is 17.2 Å². The van der Waals surface area contributed by atoms with Crippen molar-refractivity contribution in [1.29, 1.82) is 0 Å². The summed E-state index contributed by atoms with van der Waals surface area (Å²) in [6.07, 6.45) is 0.667. The van der Waals surface area contributed by atoms with E-state index in [1.807, 2.05) is 60.7 Å². The molecule has 0 unspecified atom stereocenters. The Morgan fingerprint density at radius 2 is 1.46 bits per heavy atom. The number of rotatable bonds is 10. The number of carbonyl (C=O) groups excluding carboxylic acids is 1. The van der Waals surface area contributed by atoms with Gasteiger partial charge in [-0.2, -0.15) is 0 Å². The molecule has 0 saturated heterocycles. The monoisotopic (exact) mass is 561 g/mol. The molecule has 4 rings (SSSR count). The minimum atomic E-state index is -1.17. The van der Waals surface area contributed by atoms with Gasteiger partial charge in [0, 0.05) is 29.8 Å². The average molecular weight is 562 g/mol. The number of halogens is 2. The molecular formula is C30H25BrFNO4. The number of hydrogen-bond donors (Lipinski definition) is 1. The van der Waals surface area contributed by atoms with Crippen molar-refractivity contribution >= 4 is 27.8 Å². The van der Waals surface area contributed by atoms with Gasteiger partial charge in [-0.25, -0.2) is 9.18 Å². The van der Waals surface area contributed by atoms with E-state index in [1.54, 1.807) is 35.2 Å². The molecule has 0 radical (unpaired) electrons. The first kappa shape index (κ1) is 26.1. The smallest absolute Gasteiger partial charge is 0.341 e. The van der Waals surface area contributed by atoms with Crippen LogP contribution in [0.15, 0.2) is 102 Å². The lowest BCUT2D eigenvalue weighted by Gasteiger charge is -2.24. The Morgan fingerprint density at radius 3 is 2.11 bits per heavy atom. The molecule has 37 heavy (non-hydrogen) atoms. The van der Waals surface area contributed by atoms with E-state index in [1.165, 1.54) is 6.07 Å². The number of carbonyl (C=O) groups is 2. The number of nitrogens with zero attached hydrogens (tertiary/aromatic N) is 1. The second kappa shape index (κ2) is 12.3. The number of ether oxygens (including phenoxy) is 1. The maximum atomic E-state index is 14.8. The Labute approximate surface area is 223 Å². The van der Waals surface area contributed by atoms with Gasteiger partial charge in [0.25, 0.3) is 5.91 Å². The van der Waals surface area contributed by atoms with Crippen LogP contribution >= 0.6 is 15.9 Å². The summed E-state index contributed by atoms with van der Waals surface area (Å²) in [5.41, 5.74) is 2.92. The predicted octanol–water partition coefficient (Wildman–Crippen LogP) is 6.60. The van der Waals surface area contributed by atoms with Crippen LogP contribution in [0.25, 0.3) is 11.1 Å². The average Bonchev–Trinajstić information content (AvgIpc) is 2.91. The number of carboxylic acids is 1. The van der Waals surface area contributed by atoms with E-state index < -0.39 is 18.4 Å². The first-order chi connectivity index (χ1) is 17.9. The number of hydrogen-bond acceptors (Lipinski definition) is 3. The highest BCUT2D eigenvalue weighted by molar-refractivity contribution is 9.10. The Morgan fingerprint density at radius 1 is 0.838 bits per heavy atom. The molecule has 0 aromatic heterocycles. The topological polar surface area (TPSA) is 66.8 Å². The van der Waals surface area contributed by atoms with E-state index in [2.05, 4.69) is 15.9 Å². The molecule has 0 heterocycles. The molecular weight excluding hydrogens is 537 g/mol. The minimum absolute atomic E-state index is 0.156. The van der Waals surface area contributed by atoms with Gasteiger partial charge in [0.1, 0.15) is 11.6 Å². The van der Waals surface area contributed by atoms with E-state index in [9.17, 15) is 14.0 Å². The third kappa shape index (κ3) is 6.83. The van der Waals surface area contributed by atoms with Crippen molar-refractivity contribution in [2.45, 2.75) is 13.0 Å². The highest BCUT2D eigenvalue weighted by Gasteiger charge is 2.22. The van der Waals surface area contributed by atoms with Crippen molar-refractivity contribution in [3.05, 3.63) is 124 Å². The number of carboxylic acid groups (broad SMARTS) is 1. The van der Waals surface area contributed by atoms with Crippen LogP contribution in [0.5, 0.6) is 5.75 Å². The van der Waals surface area contributed by atoms with Gasteiger partial charge in [-0.15, -0.1) is 0 Å². The molecule has 188 valence electrons. The molecule has 0 atom stereocenters. The van der Waals surface area contributed by atoms with Crippen LogP contribution in [0.1, 0.15) is 21.5 Å². The van der Waals surface area contributed by atoms with Crippen molar-refractivity contribution in [3.63, 3.8) is 0 Å². The molecule has 5 nitrogen and oxygen atoms in total. The van der Waals surface area contributed by atoms with E-state index in [0.717, 1.165) is 11.1 Å². The van der Waals surface area contributed by atoms with Gasteiger partial charge in [-0.05, 0) is 51.7 Å². The lowest BCUT2D eigenvalue weighted by atomic mass is 10.00. The van der Waals surface area contributed by atoms with Gasteiger partial charge in [0.05, 0.1) is 4.47 Å². The molecule has 0 aliphatic heterocycles. The standard InChI is InChI=1S/C30H25BrFNO4/c31-26-18-23(17-25(29(26)37-20-28(34)35)24-13-7-8-14-27(24)32)30(36)33(19-22-11-5-2-6-12-22)16-15-21-9-3-1-4-10-21/h1-14,17-18H,15-16,19-20H2,(H,34,35). The Hall–Kier alpha value is -3.97. The third-order valence-corrected chi connectivity index (χ3v) is 6.40. The maximum absolute atomic E-state index is 14.8. The summed E-state index contributed by atoms with van der Waals surface area (Å²) in [5, 5.41) is 9.12. The van der Waals surface area contributed by atoms with Crippen molar-refractivity contribution in [2.75, 3.05) is 13.2 Å². The maximum Gasteiger partial charge on any atom is 0.341 e. The first-order valence-electron chi connectivity index (χ1n) is 11.7. The quantitative estimate of drug-likeness (QED) is 0.237. The fraction of sp³-hybridized carbons (Fsp3) is 0.133. The summed E-state index contributed by atoms with van der Waals surface area (Å²) in [5.74, 6) is -1.75. The molecule has 1 N–H and O–H groups in total. The zero-order chi connectivity index (χ0) is 26.2. The molecule has 0 aliphatic carbocycles. The zero-order valence-electron chi connectivity index (χ0n) is 19.9. The molecule has 0 spiro atoms. The summed E-state index contributed by atoms with van der Waals surface area (Å²) in [6, 6.07) is 28.9. The highest BCUT2D eigenvalue weighted by Crippen LogP contribution is 2.39. The number of amides is 1. The van der Waals surface area contributed by atoms with Crippen molar-refractivity contribution in [3.8, 4) is 16.9 Å². The number of aliphatic carboxylic acids is 1. The molecule has 4 aromatic rings. The van der Waals surface area contributed by atoms with Crippen LogP contribution in [0.4, 0.5) is 4.39 Å². The summed E-state index contributed by atoms with van der Waals surface area (Å²) in [4.78, 5) is 26.8. The van der Waals surface area contributed by atoms with Crippen LogP contribution in [-0.4, -0.2) is 35.0 Å². The molecule has 0 fully saturated rings. The SMILES string of the molecule is O=C(O)COc1c(Br)cc(C(=O)N(CCc2ccccc2)Cc2ccccc2)cc1-c1ccccc1F. The Kier molecular flexibility index (Phi) is 8.69. The minimum Gasteiger partial charge on any atom is -0.480 e. The normalized spacial score (nSPS) is 10.6. The summed E-state index contributed by atoms with van der Waals surface area (Å²) in [6.45, 7) is 0.267. The first-order valence-corrected chi connectivity index (χ1v) is 12.5. The van der Waals surface area contributed by atoms with E-state index in [4.69, 9.17) is 9.84 Å². The van der Waals surface area contributed by atoms with Crippen LogP contribution in [0.2, 0.25) is 0 Å². The molecule has 0 saturated carbocycles. The Bertz CT molecular complexity index is 1380. The Balaban J connectivity index is 1.72. The largest absolute Gasteiger partial charge is 0.480 e. The van der Waals surface area contributed by atoms with Crippen molar-refractivity contribution < 1.29 is 23.8 Å². The van der Waals surface area contributed by atoms with Gasteiger partial charge in [-0.3, -0.25) is 4.79 Å². The van der Waals surface area contributed by atoms with Gasteiger partial charge in [0.2, 0.25) is 0 Å². The highest BCUT2D eigenvalue weighted by atomic mass is 79.9. The fourth-order valence-corrected chi connectivity index (χ4v) is 4.60. The molecule has 4 aromatic carbocycles. The molecule has 0 aliphatic rings. The van der Waals surface area contributed by atoms with Gasteiger partial charge < -0.3 is 14.7 Å². The third-order valence-electron chi connectivity index (χ3n) is 5.81. The van der Waals surface area contributed by atoms with E-state index >= 15 is 0 Å². The predicted molar refractivity (Wildman–Crippen MR) is 144 cm³/mol. The van der Waals surface area contributed by atoms with Crippen LogP contribution in [0.3, 0.4) is 0 Å². The second-order valence-electron chi connectivity index (χ2n) is 8.44. The van der Waals surface area contributed by atoms with Crippen molar-refractivity contribution in [2.24, 2.45) is 0 Å². The lowest BCUT2D eigenvalue weighted by Crippen LogP contribution is -2.32. The van der Waals surface area contributed by atoms with Crippen LogP contribution in [-0.2, 0) is 17.8 Å². The number of benzene rings is 4. The van der Waals surface area contributed by atoms with Gasteiger partial charge >= 0.3 is 5.97 Å². The molecule has 1 amide bonds. The second-order valence-corrected chi connectivity index (χ2v) is 9.30. The van der Waals surface area contributed by atoms with Gasteiger partial charge in [-0.1, -0.05) is 78.9 Å². The van der Waals surface area contributed by atoms with Gasteiger partial charge in [0.15, 0.2) is 6.61 Å². The molecule has 7 heteroatoms. The summed E-state index contributed by atoms with van der Waals surface area (Å²) < 4.78 is 20.6. The van der Waals surface area contributed by atoms with E-state index in [0.29, 0.717) is 35.1 Å². The zero-order valence-corrected chi connectivity index (χ0v) is 21.5. The molecule has 0 bridgehead atoms. The van der Waals surface area contributed by atoms with Crippen LogP contribution in [0, 0.1) is 5.82 Å². The summed E-state index contributed by atoms with van der Waals surface area (Å²) >= 11 is 3.42. The van der Waals surface area contributed by atoms with Crippen LogP contribution < -0.4 is 4.74 Å². The summed E-state index contributed by atoms with van der Waals surface area (Å²) in [7, 11) is 0.